The van der Waals surface area contributed by atoms with Crippen LogP contribution in [0.5, 0.6) is 0 Å². The van der Waals surface area contributed by atoms with Crippen LogP contribution in [0.3, 0.4) is 0 Å². The Balaban J connectivity index is 1.91. The molecule has 2 atom stereocenters. The summed E-state index contributed by atoms with van der Waals surface area (Å²) in [5.74, 6) is 1.11. The maximum atomic E-state index is 12.4. The normalized spacial score (nSPS) is 36.5. The smallest absolute Gasteiger partial charge is 0.140 e. The molecule has 0 aromatic heterocycles. The highest BCUT2D eigenvalue weighted by Crippen LogP contribution is 2.40. The minimum atomic E-state index is -0.197. The van der Waals surface area contributed by atoms with Crippen LogP contribution in [0.4, 0.5) is 0 Å². The zero-order chi connectivity index (χ0) is 11.6. The van der Waals surface area contributed by atoms with Gasteiger partial charge >= 0.3 is 0 Å². The average Bonchev–Trinajstić information content (AvgIpc) is 2.62. The molecule has 0 amide bonds. The topological polar surface area (TPSA) is 43.1 Å². The van der Waals surface area contributed by atoms with E-state index in [4.69, 9.17) is 5.73 Å². The first-order valence-electron chi connectivity index (χ1n) is 6.92. The Labute approximate surface area is 99.0 Å². The van der Waals surface area contributed by atoms with Gasteiger partial charge in [0, 0.05) is 17.9 Å². The Morgan fingerprint density at radius 2 is 1.88 bits per heavy atom. The van der Waals surface area contributed by atoms with Crippen molar-refractivity contribution in [2.75, 3.05) is 0 Å². The van der Waals surface area contributed by atoms with Crippen molar-refractivity contribution in [3.63, 3.8) is 0 Å². The number of carbonyl (C=O) groups excluding carboxylic acids is 1. The minimum Gasteiger partial charge on any atom is -0.327 e. The maximum absolute atomic E-state index is 12.4. The number of carbonyl (C=O) groups is 1. The molecule has 2 fully saturated rings. The zero-order valence-electron chi connectivity index (χ0n) is 10.5. The number of Topliss-reactive ketones (excluding diaryl/α,β-unsaturated/α-hetero) is 1. The summed E-state index contributed by atoms with van der Waals surface area (Å²) >= 11 is 0. The lowest BCUT2D eigenvalue weighted by Gasteiger charge is -2.30. The van der Waals surface area contributed by atoms with Gasteiger partial charge in [0.2, 0.25) is 0 Å². The molecule has 2 nitrogen and oxygen atoms in total. The molecule has 2 heteroatoms. The molecule has 0 heterocycles. The van der Waals surface area contributed by atoms with Gasteiger partial charge in [0.25, 0.3) is 0 Å². The lowest BCUT2D eigenvalue weighted by molar-refractivity contribution is -0.129. The van der Waals surface area contributed by atoms with Gasteiger partial charge in [-0.3, -0.25) is 4.79 Å². The monoisotopic (exact) mass is 223 g/mol. The zero-order valence-corrected chi connectivity index (χ0v) is 10.5. The summed E-state index contributed by atoms with van der Waals surface area (Å²) in [6, 6.07) is 0.114. The van der Waals surface area contributed by atoms with Crippen LogP contribution < -0.4 is 5.73 Å². The first-order valence-corrected chi connectivity index (χ1v) is 6.92. The second-order valence-corrected chi connectivity index (χ2v) is 6.05. The quantitative estimate of drug-likeness (QED) is 0.799. The van der Waals surface area contributed by atoms with E-state index in [2.05, 4.69) is 6.92 Å². The lowest BCUT2D eigenvalue weighted by atomic mass is 9.75. The summed E-state index contributed by atoms with van der Waals surface area (Å²) < 4.78 is 0. The van der Waals surface area contributed by atoms with Crippen molar-refractivity contribution in [3.05, 3.63) is 0 Å². The standard InChI is InChI=1S/C14H25NO/c1-14(9-5-8-12(14)15)13(16)10-11-6-3-2-4-7-11/h11-12H,2-10,15H2,1H3. The first-order chi connectivity index (χ1) is 7.63. The van der Waals surface area contributed by atoms with Crippen LogP contribution >= 0.6 is 0 Å². The van der Waals surface area contributed by atoms with Gasteiger partial charge in [-0.1, -0.05) is 45.4 Å². The lowest BCUT2D eigenvalue weighted by Crippen LogP contribution is -2.41. The van der Waals surface area contributed by atoms with E-state index in [0.29, 0.717) is 11.7 Å². The van der Waals surface area contributed by atoms with E-state index in [1.807, 2.05) is 0 Å². The number of hydrogen-bond donors (Lipinski definition) is 1. The summed E-state index contributed by atoms with van der Waals surface area (Å²) in [6.07, 6.45) is 10.5. The van der Waals surface area contributed by atoms with Crippen LogP contribution in [-0.2, 0) is 4.79 Å². The molecule has 2 N–H and O–H groups in total. The van der Waals surface area contributed by atoms with Crippen molar-refractivity contribution in [1.82, 2.24) is 0 Å². The second-order valence-electron chi connectivity index (χ2n) is 6.05. The van der Waals surface area contributed by atoms with Gasteiger partial charge in [-0.05, 0) is 18.8 Å². The van der Waals surface area contributed by atoms with Crippen molar-refractivity contribution >= 4 is 5.78 Å². The molecule has 0 aromatic rings. The molecular weight excluding hydrogens is 198 g/mol. The Kier molecular flexibility index (Phi) is 3.68. The third kappa shape index (κ3) is 2.32. The molecular formula is C14H25NO. The van der Waals surface area contributed by atoms with Crippen molar-refractivity contribution in [3.8, 4) is 0 Å². The van der Waals surface area contributed by atoms with Crippen molar-refractivity contribution in [1.29, 1.82) is 0 Å². The fourth-order valence-corrected chi connectivity index (χ4v) is 3.43. The second kappa shape index (κ2) is 4.87. The van der Waals surface area contributed by atoms with Gasteiger partial charge in [-0.15, -0.1) is 0 Å². The molecule has 0 saturated heterocycles. The number of rotatable bonds is 3. The molecule has 0 spiro atoms. The maximum Gasteiger partial charge on any atom is 0.140 e. The highest BCUT2D eigenvalue weighted by molar-refractivity contribution is 5.85. The molecule has 2 rings (SSSR count). The molecule has 2 aliphatic carbocycles. The Morgan fingerprint density at radius 3 is 2.44 bits per heavy atom. The summed E-state index contributed by atoms with van der Waals surface area (Å²) in [5, 5.41) is 0. The Hall–Kier alpha value is -0.370. The predicted octanol–water partition coefficient (Wildman–Crippen LogP) is 3.04. The highest BCUT2D eigenvalue weighted by atomic mass is 16.1. The van der Waals surface area contributed by atoms with E-state index >= 15 is 0 Å². The van der Waals surface area contributed by atoms with E-state index in [0.717, 1.165) is 25.7 Å². The summed E-state index contributed by atoms with van der Waals surface area (Å²) in [5.41, 5.74) is 5.90. The number of nitrogens with two attached hydrogens (primary N) is 1. The number of hydrogen-bond acceptors (Lipinski definition) is 2. The average molecular weight is 223 g/mol. The summed E-state index contributed by atoms with van der Waals surface area (Å²) in [6.45, 7) is 2.09. The van der Waals surface area contributed by atoms with E-state index < -0.39 is 0 Å². The summed E-state index contributed by atoms with van der Waals surface area (Å²) in [7, 11) is 0. The van der Waals surface area contributed by atoms with Gasteiger partial charge < -0.3 is 5.73 Å². The molecule has 92 valence electrons. The van der Waals surface area contributed by atoms with Crippen LogP contribution in [0.15, 0.2) is 0 Å². The minimum absolute atomic E-state index is 0.114. The first kappa shape index (κ1) is 12.1. The molecule has 0 bridgehead atoms. The van der Waals surface area contributed by atoms with Crippen molar-refractivity contribution in [2.24, 2.45) is 17.1 Å². The van der Waals surface area contributed by atoms with E-state index in [-0.39, 0.29) is 11.5 Å². The van der Waals surface area contributed by atoms with Crippen LogP contribution in [0, 0.1) is 11.3 Å². The fourth-order valence-electron chi connectivity index (χ4n) is 3.43. The Morgan fingerprint density at radius 1 is 1.19 bits per heavy atom. The molecule has 0 radical (unpaired) electrons. The van der Waals surface area contributed by atoms with E-state index in [1.54, 1.807) is 0 Å². The fraction of sp³-hybridized carbons (Fsp3) is 0.929. The molecule has 0 aliphatic heterocycles. The van der Waals surface area contributed by atoms with E-state index in [9.17, 15) is 4.79 Å². The van der Waals surface area contributed by atoms with Gasteiger partial charge in [-0.2, -0.15) is 0 Å². The van der Waals surface area contributed by atoms with Gasteiger partial charge in [0.15, 0.2) is 0 Å². The van der Waals surface area contributed by atoms with Crippen LogP contribution in [0.1, 0.15) is 64.7 Å². The van der Waals surface area contributed by atoms with Crippen LogP contribution in [-0.4, -0.2) is 11.8 Å². The molecule has 16 heavy (non-hydrogen) atoms. The van der Waals surface area contributed by atoms with E-state index in [1.165, 1.54) is 32.1 Å². The molecule has 2 unspecified atom stereocenters. The number of ketones is 1. The third-order valence-corrected chi connectivity index (χ3v) is 4.87. The SMILES string of the molecule is CC1(C(=O)CC2CCCCC2)CCCC1N. The largest absolute Gasteiger partial charge is 0.327 e. The third-order valence-electron chi connectivity index (χ3n) is 4.87. The Bertz CT molecular complexity index is 257. The highest BCUT2D eigenvalue weighted by Gasteiger charge is 2.42. The molecule has 0 aromatic carbocycles. The summed E-state index contributed by atoms with van der Waals surface area (Å²) in [4.78, 5) is 12.4. The van der Waals surface area contributed by atoms with Crippen molar-refractivity contribution < 1.29 is 4.79 Å². The van der Waals surface area contributed by atoms with Crippen LogP contribution in [0.2, 0.25) is 0 Å². The van der Waals surface area contributed by atoms with Gasteiger partial charge in [-0.25, -0.2) is 0 Å². The van der Waals surface area contributed by atoms with Gasteiger partial charge in [0.1, 0.15) is 5.78 Å². The molecule has 2 saturated carbocycles. The van der Waals surface area contributed by atoms with Crippen molar-refractivity contribution in [2.45, 2.75) is 70.8 Å². The predicted molar refractivity (Wildman–Crippen MR) is 66.1 cm³/mol. The van der Waals surface area contributed by atoms with Crippen LogP contribution in [0.25, 0.3) is 0 Å². The van der Waals surface area contributed by atoms with Gasteiger partial charge in [0.05, 0.1) is 0 Å². The molecule has 2 aliphatic rings.